The van der Waals surface area contributed by atoms with Crippen molar-refractivity contribution in [3.63, 3.8) is 0 Å². The number of hydrogen-bond acceptors (Lipinski definition) is 3. The van der Waals surface area contributed by atoms with Gasteiger partial charge in [0.2, 0.25) is 0 Å². The van der Waals surface area contributed by atoms with Crippen LogP contribution in [0.15, 0.2) is 36.9 Å². The average Bonchev–Trinajstić information content (AvgIpc) is 2.67. The first-order chi connectivity index (χ1) is 7.40. The molecular formula is C12H14O3. The van der Waals surface area contributed by atoms with Gasteiger partial charge in [0.25, 0.3) is 0 Å². The van der Waals surface area contributed by atoms with Crippen molar-refractivity contribution < 1.29 is 14.2 Å². The standard InChI is InChI=1S/C12H14O3/c1-2-3-6-9-13-12-14-10-7-4-5-8-11(10)15-12/h2,4-5,7-8,12H,1,3,6,9H2. The molecule has 80 valence electrons. The fraction of sp³-hybridized carbons (Fsp3) is 0.333. The van der Waals surface area contributed by atoms with Crippen LogP contribution in [-0.4, -0.2) is 13.1 Å². The van der Waals surface area contributed by atoms with Crippen molar-refractivity contribution in [1.29, 1.82) is 0 Å². The zero-order chi connectivity index (χ0) is 10.5. The van der Waals surface area contributed by atoms with Gasteiger partial charge in [-0.15, -0.1) is 6.58 Å². The first-order valence-electron chi connectivity index (χ1n) is 5.05. The van der Waals surface area contributed by atoms with E-state index in [1.54, 1.807) is 0 Å². The molecule has 15 heavy (non-hydrogen) atoms. The van der Waals surface area contributed by atoms with Crippen molar-refractivity contribution in [2.75, 3.05) is 6.61 Å². The van der Waals surface area contributed by atoms with Gasteiger partial charge in [-0.05, 0) is 25.0 Å². The van der Waals surface area contributed by atoms with Gasteiger partial charge >= 0.3 is 6.48 Å². The largest absolute Gasteiger partial charge is 0.428 e. The van der Waals surface area contributed by atoms with Crippen LogP contribution in [0.5, 0.6) is 11.5 Å². The van der Waals surface area contributed by atoms with Crippen molar-refractivity contribution in [3.8, 4) is 11.5 Å². The molecule has 0 N–H and O–H groups in total. The van der Waals surface area contributed by atoms with Crippen LogP contribution in [-0.2, 0) is 4.74 Å². The zero-order valence-electron chi connectivity index (χ0n) is 8.52. The third kappa shape index (κ3) is 2.50. The second kappa shape index (κ2) is 4.84. The molecule has 0 radical (unpaired) electrons. The van der Waals surface area contributed by atoms with Crippen LogP contribution in [0.25, 0.3) is 0 Å². The predicted molar refractivity (Wildman–Crippen MR) is 56.9 cm³/mol. The second-order valence-corrected chi connectivity index (χ2v) is 3.27. The van der Waals surface area contributed by atoms with Crippen LogP contribution in [0.3, 0.4) is 0 Å². The van der Waals surface area contributed by atoms with Crippen molar-refractivity contribution in [1.82, 2.24) is 0 Å². The Bertz CT molecular complexity index is 310. The lowest BCUT2D eigenvalue weighted by Gasteiger charge is -2.09. The van der Waals surface area contributed by atoms with Crippen LogP contribution >= 0.6 is 0 Å². The molecule has 1 aliphatic rings. The molecule has 3 heteroatoms. The SMILES string of the molecule is C=CCCCOC1Oc2ccccc2O1. The maximum Gasteiger partial charge on any atom is 0.361 e. The molecule has 0 amide bonds. The summed E-state index contributed by atoms with van der Waals surface area (Å²) >= 11 is 0. The molecule has 0 unspecified atom stereocenters. The summed E-state index contributed by atoms with van der Waals surface area (Å²) in [6, 6.07) is 7.54. The molecule has 0 saturated carbocycles. The summed E-state index contributed by atoms with van der Waals surface area (Å²) in [6.07, 6.45) is 3.75. The number of ether oxygens (including phenoxy) is 3. The van der Waals surface area contributed by atoms with Crippen LogP contribution in [0.4, 0.5) is 0 Å². The van der Waals surface area contributed by atoms with E-state index >= 15 is 0 Å². The average molecular weight is 206 g/mol. The van der Waals surface area contributed by atoms with Gasteiger partial charge < -0.3 is 14.2 Å². The van der Waals surface area contributed by atoms with E-state index in [0.717, 1.165) is 24.3 Å². The molecule has 1 heterocycles. The summed E-state index contributed by atoms with van der Waals surface area (Å²) < 4.78 is 16.2. The highest BCUT2D eigenvalue weighted by molar-refractivity contribution is 5.41. The third-order valence-corrected chi connectivity index (χ3v) is 2.10. The summed E-state index contributed by atoms with van der Waals surface area (Å²) in [5.41, 5.74) is 0. The molecular weight excluding hydrogens is 192 g/mol. The zero-order valence-corrected chi connectivity index (χ0v) is 8.52. The van der Waals surface area contributed by atoms with E-state index in [4.69, 9.17) is 14.2 Å². The van der Waals surface area contributed by atoms with E-state index in [2.05, 4.69) is 6.58 Å². The minimum Gasteiger partial charge on any atom is -0.428 e. The Morgan fingerprint density at radius 1 is 1.27 bits per heavy atom. The van der Waals surface area contributed by atoms with Gasteiger partial charge in [-0.25, -0.2) is 0 Å². The van der Waals surface area contributed by atoms with Gasteiger partial charge in [0, 0.05) is 0 Å². The Morgan fingerprint density at radius 2 is 1.93 bits per heavy atom. The Morgan fingerprint density at radius 3 is 2.53 bits per heavy atom. The molecule has 0 aliphatic carbocycles. The van der Waals surface area contributed by atoms with E-state index in [1.165, 1.54) is 0 Å². The van der Waals surface area contributed by atoms with Crippen LogP contribution in [0.1, 0.15) is 12.8 Å². The van der Waals surface area contributed by atoms with E-state index in [9.17, 15) is 0 Å². The fourth-order valence-electron chi connectivity index (χ4n) is 1.35. The highest BCUT2D eigenvalue weighted by Gasteiger charge is 2.23. The summed E-state index contributed by atoms with van der Waals surface area (Å²) in [4.78, 5) is 0. The maximum atomic E-state index is 5.42. The summed E-state index contributed by atoms with van der Waals surface area (Å²) in [5.74, 6) is 1.48. The molecule has 1 aromatic rings. The molecule has 0 bridgehead atoms. The topological polar surface area (TPSA) is 27.7 Å². The minimum absolute atomic E-state index is 0.591. The molecule has 0 spiro atoms. The number of para-hydroxylation sites is 2. The predicted octanol–water partition coefficient (Wildman–Crippen LogP) is 2.72. The normalized spacial score (nSPS) is 14.1. The number of hydrogen-bond donors (Lipinski definition) is 0. The number of unbranched alkanes of at least 4 members (excludes halogenated alkanes) is 1. The lowest BCUT2D eigenvalue weighted by Crippen LogP contribution is -2.22. The van der Waals surface area contributed by atoms with Crippen LogP contribution in [0.2, 0.25) is 0 Å². The smallest absolute Gasteiger partial charge is 0.361 e. The fourth-order valence-corrected chi connectivity index (χ4v) is 1.35. The minimum atomic E-state index is -0.591. The molecule has 0 saturated heterocycles. The number of allylic oxidation sites excluding steroid dienone is 1. The van der Waals surface area contributed by atoms with Crippen molar-refractivity contribution in [2.45, 2.75) is 19.3 Å². The molecule has 0 fully saturated rings. The lowest BCUT2D eigenvalue weighted by atomic mass is 10.3. The number of benzene rings is 1. The van der Waals surface area contributed by atoms with Crippen molar-refractivity contribution in [2.24, 2.45) is 0 Å². The van der Waals surface area contributed by atoms with Gasteiger partial charge in [0.15, 0.2) is 11.5 Å². The monoisotopic (exact) mass is 206 g/mol. The number of fused-ring (bicyclic) bond motifs is 1. The van der Waals surface area contributed by atoms with Crippen molar-refractivity contribution >= 4 is 0 Å². The van der Waals surface area contributed by atoms with E-state index in [0.29, 0.717) is 6.61 Å². The Balaban J connectivity index is 1.78. The third-order valence-electron chi connectivity index (χ3n) is 2.10. The second-order valence-electron chi connectivity index (χ2n) is 3.27. The molecule has 2 rings (SSSR count). The Labute approximate surface area is 89.3 Å². The van der Waals surface area contributed by atoms with E-state index in [1.807, 2.05) is 30.3 Å². The summed E-state index contributed by atoms with van der Waals surface area (Å²) in [7, 11) is 0. The Kier molecular flexibility index (Phi) is 3.25. The molecule has 1 aliphatic heterocycles. The van der Waals surface area contributed by atoms with Crippen LogP contribution < -0.4 is 9.47 Å². The molecule has 0 atom stereocenters. The molecule has 1 aromatic carbocycles. The van der Waals surface area contributed by atoms with E-state index in [-0.39, 0.29) is 0 Å². The number of rotatable bonds is 5. The highest BCUT2D eigenvalue weighted by atomic mass is 16.9. The summed E-state index contributed by atoms with van der Waals surface area (Å²) in [6.45, 7) is 3.67. The van der Waals surface area contributed by atoms with Gasteiger partial charge in [-0.2, -0.15) is 0 Å². The first kappa shape index (κ1) is 10.1. The molecule has 0 aromatic heterocycles. The summed E-state index contributed by atoms with van der Waals surface area (Å²) in [5, 5.41) is 0. The Hall–Kier alpha value is -1.48. The molecule has 3 nitrogen and oxygen atoms in total. The maximum absolute atomic E-state index is 5.42. The van der Waals surface area contributed by atoms with Crippen LogP contribution in [0, 0.1) is 0 Å². The quantitative estimate of drug-likeness (QED) is 0.547. The van der Waals surface area contributed by atoms with Gasteiger partial charge in [0.05, 0.1) is 6.61 Å². The van der Waals surface area contributed by atoms with E-state index < -0.39 is 6.48 Å². The lowest BCUT2D eigenvalue weighted by molar-refractivity contribution is -0.177. The van der Waals surface area contributed by atoms with Gasteiger partial charge in [-0.3, -0.25) is 0 Å². The van der Waals surface area contributed by atoms with Gasteiger partial charge in [0.1, 0.15) is 0 Å². The first-order valence-corrected chi connectivity index (χ1v) is 5.05. The van der Waals surface area contributed by atoms with Crippen molar-refractivity contribution in [3.05, 3.63) is 36.9 Å². The highest BCUT2D eigenvalue weighted by Crippen LogP contribution is 2.34. The van der Waals surface area contributed by atoms with Gasteiger partial charge in [-0.1, -0.05) is 18.2 Å².